The molecule has 0 heterocycles. The van der Waals surface area contributed by atoms with E-state index in [-0.39, 0.29) is 0 Å². The molecular weight excluding hydrogens is 352 g/mol. The van der Waals surface area contributed by atoms with Crippen LogP contribution in [0.3, 0.4) is 0 Å². The van der Waals surface area contributed by atoms with E-state index in [2.05, 4.69) is 15.9 Å². The molecule has 0 unspecified atom stereocenters. The Balaban J connectivity index is 2.16. The Kier molecular flexibility index (Phi) is 5.82. The minimum absolute atomic E-state index is 0.318. The van der Waals surface area contributed by atoms with Crippen LogP contribution in [-0.4, -0.2) is 26.3 Å². The molecule has 1 fully saturated rings. The molecule has 0 aromatic heterocycles. The van der Waals surface area contributed by atoms with Crippen LogP contribution in [0.5, 0.6) is 0 Å². The lowest BCUT2D eigenvalue weighted by molar-refractivity contribution is 0.300. The van der Waals surface area contributed by atoms with Crippen LogP contribution in [0.4, 0.5) is 0 Å². The predicted molar refractivity (Wildman–Crippen MR) is 88.4 cm³/mol. The lowest BCUT2D eigenvalue weighted by Gasteiger charge is -2.27. The number of nitrogens with zero attached hydrogens (tertiary/aromatic N) is 1. The predicted octanol–water partition coefficient (Wildman–Crippen LogP) is 3.11. The molecule has 1 aromatic rings. The van der Waals surface area contributed by atoms with E-state index in [4.69, 9.17) is 5.73 Å². The fourth-order valence-corrected chi connectivity index (χ4v) is 5.21. The maximum absolute atomic E-state index is 12.7. The summed E-state index contributed by atoms with van der Waals surface area (Å²) in [6, 6.07) is 5.19. The second kappa shape index (κ2) is 7.22. The molecule has 1 aromatic carbocycles. The monoisotopic (exact) mass is 374 g/mol. The Labute approximate surface area is 135 Å². The smallest absolute Gasteiger partial charge is 0.243 e. The Morgan fingerprint density at radius 2 is 1.95 bits per heavy atom. The van der Waals surface area contributed by atoms with Crippen molar-refractivity contribution in [3.8, 4) is 0 Å². The van der Waals surface area contributed by atoms with Gasteiger partial charge in [0, 0.05) is 24.6 Å². The molecule has 1 aliphatic carbocycles. The van der Waals surface area contributed by atoms with Crippen molar-refractivity contribution in [1.82, 2.24) is 4.31 Å². The lowest BCUT2D eigenvalue weighted by atomic mass is 9.89. The topological polar surface area (TPSA) is 63.4 Å². The third-order valence-corrected chi connectivity index (χ3v) is 6.96. The van der Waals surface area contributed by atoms with Crippen LogP contribution in [0, 0.1) is 5.92 Å². The SMILES string of the molecule is CN(CC1CCCCC1)S(=O)(=O)c1ccc(CN)cc1Br. The van der Waals surface area contributed by atoms with E-state index in [9.17, 15) is 8.42 Å². The van der Waals surface area contributed by atoms with Gasteiger partial charge in [-0.15, -0.1) is 0 Å². The summed E-state index contributed by atoms with van der Waals surface area (Å²) in [5.41, 5.74) is 6.49. The van der Waals surface area contributed by atoms with E-state index in [1.54, 1.807) is 25.2 Å². The summed E-state index contributed by atoms with van der Waals surface area (Å²) in [5.74, 6) is 0.487. The van der Waals surface area contributed by atoms with Crippen LogP contribution in [0.1, 0.15) is 37.7 Å². The summed E-state index contributed by atoms with van der Waals surface area (Å²) in [4.78, 5) is 0.318. The molecule has 4 nitrogen and oxygen atoms in total. The van der Waals surface area contributed by atoms with Gasteiger partial charge in [-0.3, -0.25) is 0 Å². The summed E-state index contributed by atoms with van der Waals surface area (Å²) in [5, 5.41) is 0. The molecule has 2 rings (SSSR count). The summed E-state index contributed by atoms with van der Waals surface area (Å²) in [7, 11) is -1.77. The number of halogens is 1. The maximum atomic E-state index is 12.7. The Morgan fingerprint density at radius 3 is 2.52 bits per heavy atom. The lowest BCUT2D eigenvalue weighted by Crippen LogP contribution is -2.33. The minimum atomic E-state index is -3.45. The van der Waals surface area contributed by atoms with Gasteiger partial charge in [-0.1, -0.05) is 25.3 Å². The van der Waals surface area contributed by atoms with E-state index >= 15 is 0 Å². The minimum Gasteiger partial charge on any atom is -0.326 e. The molecule has 1 aliphatic rings. The highest BCUT2D eigenvalue weighted by atomic mass is 79.9. The first-order valence-corrected chi connectivity index (χ1v) is 9.63. The van der Waals surface area contributed by atoms with Crippen LogP contribution in [0.15, 0.2) is 27.6 Å². The standard InChI is InChI=1S/C15H23BrN2O2S/c1-18(11-12-5-3-2-4-6-12)21(19,20)15-8-7-13(10-17)9-14(15)16/h7-9,12H,2-6,10-11,17H2,1H3. The zero-order chi connectivity index (χ0) is 15.5. The van der Waals surface area contributed by atoms with Gasteiger partial charge in [-0.2, -0.15) is 0 Å². The van der Waals surface area contributed by atoms with Gasteiger partial charge in [0.2, 0.25) is 10.0 Å². The first-order chi connectivity index (χ1) is 9.95. The third kappa shape index (κ3) is 4.06. The normalized spacial score (nSPS) is 17.3. The van der Waals surface area contributed by atoms with Crippen molar-refractivity contribution >= 4 is 26.0 Å². The van der Waals surface area contributed by atoms with Crippen LogP contribution in [0.25, 0.3) is 0 Å². The molecular formula is C15H23BrN2O2S. The molecule has 1 saturated carbocycles. The Morgan fingerprint density at radius 1 is 1.29 bits per heavy atom. The van der Waals surface area contributed by atoms with Gasteiger partial charge in [-0.25, -0.2) is 12.7 Å². The molecule has 21 heavy (non-hydrogen) atoms. The summed E-state index contributed by atoms with van der Waals surface area (Å²) < 4.78 is 27.5. The molecule has 0 spiro atoms. The molecule has 0 bridgehead atoms. The molecule has 6 heteroatoms. The van der Waals surface area contributed by atoms with Crippen molar-refractivity contribution < 1.29 is 8.42 Å². The van der Waals surface area contributed by atoms with E-state index in [0.29, 0.717) is 28.4 Å². The molecule has 0 aliphatic heterocycles. The first-order valence-electron chi connectivity index (χ1n) is 7.40. The number of hydrogen-bond acceptors (Lipinski definition) is 3. The number of hydrogen-bond donors (Lipinski definition) is 1. The zero-order valence-corrected chi connectivity index (χ0v) is 14.8. The van der Waals surface area contributed by atoms with Crippen LogP contribution < -0.4 is 5.73 Å². The molecule has 0 saturated heterocycles. The zero-order valence-electron chi connectivity index (χ0n) is 12.4. The van der Waals surface area contributed by atoms with Gasteiger partial charge >= 0.3 is 0 Å². The second-order valence-electron chi connectivity index (χ2n) is 5.76. The fraction of sp³-hybridized carbons (Fsp3) is 0.600. The van der Waals surface area contributed by atoms with E-state index < -0.39 is 10.0 Å². The highest BCUT2D eigenvalue weighted by Gasteiger charge is 2.26. The molecule has 118 valence electrons. The van der Waals surface area contributed by atoms with Crippen molar-refractivity contribution in [2.45, 2.75) is 43.5 Å². The van der Waals surface area contributed by atoms with Gasteiger partial charge < -0.3 is 5.73 Å². The van der Waals surface area contributed by atoms with Crippen LogP contribution in [0.2, 0.25) is 0 Å². The van der Waals surface area contributed by atoms with Crippen molar-refractivity contribution in [2.75, 3.05) is 13.6 Å². The molecule has 0 radical (unpaired) electrons. The van der Waals surface area contributed by atoms with Crippen molar-refractivity contribution in [2.24, 2.45) is 11.7 Å². The first kappa shape index (κ1) is 16.9. The van der Waals surface area contributed by atoms with Crippen LogP contribution in [-0.2, 0) is 16.6 Å². The van der Waals surface area contributed by atoms with Crippen molar-refractivity contribution in [1.29, 1.82) is 0 Å². The van der Waals surface area contributed by atoms with E-state index in [1.807, 2.05) is 0 Å². The third-order valence-electron chi connectivity index (χ3n) is 4.16. The highest BCUT2D eigenvalue weighted by Crippen LogP contribution is 2.29. The van der Waals surface area contributed by atoms with Crippen molar-refractivity contribution in [3.63, 3.8) is 0 Å². The quantitative estimate of drug-likeness (QED) is 0.860. The van der Waals surface area contributed by atoms with Crippen LogP contribution >= 0.6 is 15.9 Å². The average Bonchev–Trinajstić information content (AvgIpc) is 2.47. The number of nitrogens with two attached hydrogens (primary N) is 1. The average molecular weight is 375 g/mol. The summed E-state index contributed by atoms with van der Waals surface area (Å²) >= 11 is 3.36. The summed E-state index contributed by atoms with van der Waals surface area (Å²) in [6.07, 6.45) is 5.97. The molecule has 0 amide bonds. The number of sulfonamides is 1. The number of rotatable bonds is 5. The molecule has 2 N–H and O–H groups in total. The van der Waals surface area contributed by atoms with Crippen molar-refractivity contribution in [3.05, 3.63) is 28.2 Å². The second-order valence-corrected chi connectivity index (χ2v) is 8.63. The van der Waals surface area contributed by atoms with Gasteiger partial charge in [0.15, 0.2) is 0 Å². The van der Waals surface area contributed by atoms with Gasteiger partial charge in [0.05, 0.1) is 4.90 Å². The summed E-state index contributed by atoms with van der Waals surface area (Å²) in [6.45, 7) is 1.00. The Bertz CT molecular complexity index is 583. The van der Waals surface area contributed by atoms with E-state index in [1.165, 1.54) is 23.6 Å². The van der Waals surface area contributed by atoms with E-state index in [0.717, 1.165) is 18.4 Å². The fourth-order valence-electron chi connectivity index (χ4n) is 2.88. The highest BCUT2D eigenvalue weighted by molar-refractivity contribution is 9.10. The Hall–Kier alpha value is -0.430. The van der Waals surface area contributed by atoms with Gasteiger partial charge in [0.1, 0.15) is 0 Å². The van der Waals surface area contributed by atoms with Gasteiger partial charge in [-0.05, 0) is 52.4 Å². The largest absolute Gasteiger partial charge is 0.326 e. The molecule has 0 atom stereocenters. The maximum Gasteiger partial charge on any atom is 0.243 e. The van der Waals surface area contributed by atoms with Gasteiger partial charge in [0.25, 0.3) is 0 Å². The number of benzene rings is 1.